The number of hydrogen-bond acceptors (Lipinski definition) is 3. The quantitative estimate of drug-likeness (QED) is 0.863. The largest absolute Gasteiger partial charge is 0.481 e. The molecule has 2 aliphatic rings. The molecule has 0 saturated heterocycles. The molecule has 1 fully saturated rings. The van der Waals surface area contributed by atoms with Gasteiger partial charge in [-0.05, 0) is 24.5 Å². The number of nitriles is 1. The van der Waals surface area contributed by atoms with Gasteiger partial charge in [0.1, 0.15) is 17.7 Å². The van der Waals surface area contributed by atoms with Crippen LogP contribution in [0.15, 0.2) is 6.07 Å². The van der Waals surface area contributed by atoms with E-state index in [9.17, 15) is 14.7 Å². The van der Waals surface area contributed by atoms with Crippen LogP contribution in [0, 0.1) is 17.2 Å². The number of H-pyrrole nitrogens is 1. The molecule has 1 amide bonds. The highest BCUT2D eigenvalue weighted by Gasteiger charge is 2.41. The van der Waals surface area contributed by atoms with Crippen LogP contribution in [0.25, 0.3) is 0 Å². The Morgan fingerprint density at radius 1 is 1.32 bits per heavy atom. The average Bonchev–Trinajstić information content (AvgIpc) is 2.99. The number of rotatable bonds is 2. The first-order valence-corrected chi connectivity index (χ1v) is 8.98. The van der Waals surface area contributed by atoms with E-state index in [-0.39, 0.29) is 18.4 Å². The number of aliphatic carboxylic acids is 1. The van der Waals surface area contributed by atoms with E-state index in [1.54, 1.807) is 11.0 Å². The number of nitrogens with one attached hydrogen (secondary N) is 1. The van der Waals surface area contributed by atoms with Gasteiger partial charge < -0.3 is 15.0 Å². The van der Waals surface area contributed by atoms with Crippen molar-refractivity contribution in [1.29, 1.82) is 5.26 Å². The number of aromatic nitrogens is 1. The summed E-state index contributed by atoms with van der Waals surface area (Å²) in [6.45, 7) is 4.65. The van der Waals surface area contributed by atoms with Crippen LogP contribution in [0.3, 0.4) is 0 Å². The molecular formula is C19H25N3O3. The van der Waals surface area contributed by atoms with Gasteiger partial charge in [-0.15, -0.1) is 0 Å². The Labute approximate surface area is 147 Å². The first-order chi connectivity index (χ1) is 11.8. The van der Waals surface area contributed by atoms with Gasteiger partial charge in [0, 0.05) is 30.1 Å². The Kier molecular flexibility index (Phi) is 4.59. The summed E-state index contributed by atoms with van der Waals surface area (Å²) >= 11 is 0. The molecule has 1 aliphatic carbocycles. The molecule has 2 heterocycles. The molecule has 0 spiro atoms. The van der Waals surface area contributed by atoms with Crippen LogP contribution >= 0.6 is 0 Å². The summed E-state index contributed by atoms with van der Waals surface area (Å²) in [7, 11) is 0. The summed E-state index contributed by atoms with van der Waals surface area (Å²) in [5.74, 6) is -1.69. The molecule has 1 aliphatic heterocycles. The molecule has 25 heavy (non-hydrogen) atoms. The number of carboxylic acids is 1. The van der Waals surface area contributed by atoms with Crippen LogP contribution in [0.1, 0.15) is 68.8 Å². The van der Waals surface area contributed by atoms with E-state index < -0.39 is 17.3 Å². The number of nitrogens with zero attached hydrogens (tertiary/aromatic N) is 2. The number of amides is 1. The Morgan fingerprint density at radius 3 is 2.60 bits per heavy atom. The van der Waals surface area contributed by atoms with E-state index in [1.807, 2.05) is 13.8 Å². The summed E-state index contributed by atoms with van der Waals surface area (Å²) in [5, 5.41) is 18.9. The van der Waals surface area contributed by atoms with E-state index in [2.05, 4.69) is 11.1 Å². The van der Waals surface area contributed by atoms with Crippen molar-refractivity contribution in [3.8, 4) is 6.07 Å². The van der Waals surface area contributed by atoms with E-state index in [1.165, 1.54) is 6.42 Å². The van der Waals surface area contributed by atoms with Crippen LogP contribution in [0.4, 0.5) is 0 Å². The second-order valence-electron chi connectivity index (χ2n) is 7.95. The lowest BCUT2D eigenvalue weighted by Gasteiger charge is -2.34. The van der Waals surface area contributed by atoms with Crippen molar-refractivity contribution in [2.45, 2.75) is 57.3 Å². The fraction of sp³-hybridized carbons (Fsp3) is 0.632. The zero-order valence-corrected chi connectivity index (χ0v) is 14.8. The second kappa shape index (κ2) is 6.55. The van der Waals surface area contributed by atoms with Crippen LogP contribution in [-0.2, 0) is 15.0 Å². The monoisotopic (exact) mass is 343 g/mol. The minimum absolute atomic E-state index is 0.0186. The first-order valence-electron chi connectivity index (χ1n) is 8.98. The number of aromatic amines is 1. The fourth-order valence-electron chi connectivity index (χ4n) is 4.28. The third kappa shape index (κ3) is 3.28. The first kappa shape index (κ1) is 17.5. The minimum Gasteiger partial charge on any atom is -0.481 e. The van der Waals surface area contributed by atoms with Gasteiger partial charge in [-0.2, -0.15) is 5.26 Å². The van der Waals surface area contributed by atoms with Crippen LogP contribution in [-0.4, -0.2) is 40.0 Å². The predicted molar refractivity (Wildman–Crippen MR) is 92.1 cm³/mol. The van der Waals surface area contributed by atoms with Crippen molar-refractivity contribution in [3.05, 3.63) is 23.0 Å². The summed E-state index contributed by atoms with van der Waals surface area (Å²) in [4.78, 5) is 29.6. The Morgan fingerprint density at radius 2 is 2.00 bits per heavy atom. The normalized spacial score (nSPS) is 23.4. The molecule has 6 heteroatoms. The van der Waals surface area contributed by atoms with Crippen molar-refractivity contribution in [2.24, 2.45) is 5.92 Å². The third-order valence-corrected chi connectivity index (χ3v) is 5.60. The lowest BCUT2D eigenvalue weighted by Crippen LogP contribution is -2.44. The van der Waals surface area contributed by atoms with Crippen LogP contribution < -0.4 is 0 Å². The van der Waals surface area contributed by atoms with Gasteiger partial charge in [-0.3, -0.25) is 9.59 Å². The molecule has 1 aromatic heterocycles. The van der Waals surface area contributed by atoms with Crippen molar-refractivity contribution in [1.82, 2.24) is 9.88 Å². The lowest BCUT2D eigenvalue weighted by molar-refractivity contribution is -0.142. The van der Waals surface area contributed by atoms with Crippen molar-refractivity contribution < 1.29 is 14.7 Å². The molecule has 6 nitrogen and oxygen atoms in total. The zero-order chi connectivity index (χ0) is 18.2. The van der Waals surface area contributed by atoms with E-state index >= 15 is 0 Å². The summed E-state index contributed by atoms with van der Waals surface area (Å²) in [6.07, 6.45) is 5.12. The van der Waals surface area contributed by atoms with Crippen LogP contribution in [0.2, 0.25) is 0 Å². The number of carbonyl (C=O) groups excluding carboxylic acids is 1. The van der Waals surface area contributed by atoms with Gasteiger partial charge >= 0.3 is 5.97 Å². The molecule has 3 rings (SSSR count). The molecular weight excluding hydrogens is 318 g/mol. The van der Waals surface area contributed by atoms with Crippen molar-refractivity contribution >= 4 is 11.9 Å². The maximum Gasteiger partial charge on any atom is 0.314 e. The van der Waals surface area contributed by atoms with Gasteiger partial charge in [0.15, 0.2) is 0 Å². The van der Waals surface area contributed by atoms with Crippen LogP contribution in [0.5, 0.6) is 0 Å². The number of carbonyl (C=O) groups is 2. The Hall–Kier alpha value is -2.29. The van der Waals surface area contributed by atoms with Gasteiger partial charge in [0.05, 0.1) is 0 Å². The smallest absolute Gasteiger partial charge is 0.314 e. The maximum absolute atomic E-state index is 13.0. The topological polar surface area (TPSA) is 97.2 Å². The second-order valence-corrected chi connectivity index (χ2v) is 7.95. The molecule has 0 bridgehead atoms. The molecule has 1 saturated carbocycles. The summed E-state index contributed by atoms with van der Waals surface area (Å²) < 4.78 is 0. The number of carboxylic acid groups (broad SMARTS) is 1. The highest BCUT2D eigenvalue weighted by Crippen LogP contribution is 2.37. The SMILES string of the molecule is CC1(C)CN(C(=O)C2CCCCC2)CC(C(=O)O)c2[nH]c(C#N)cc21. The summed E-state index contributed by atoms with van der Waals surface area (Å²) in [5.41, 5.74) is 1.36. The third-order valence-electron chi connectivity index (χ3n) is 5.60. The molecule has 1 atom stereocenters. The van der Waals surface area contributed by atoms with Gasteiger partial charge in [0.25, 0.3) is 0 Å². The number of fused-ring (bicyclic) bond motifs is 1. The predicted octanol–water partition coefficient (Wildman–Crippen LogP) is 2.75. The Bertz CT molecular complexity index is 723. The van der Waals surface area contributed by atoms with Crippen molar-refractivity contribution in [3.63, 3.8) is 0 Å². The number of hydrogen-bond donors (Lipinski definition) is 2. The highest BCUT2D eigenvalue weighted by molar-refractivity contribution is 5.82. The average molecular weight is 343 g/mol. The fourth-order valence-corrected chi connectivity index (χ4v) is 4.28. The Balaban J connectivity index is 1.95. The molecule has 0 aromatic carbocycles. The van der Waals surface area contributed by atoms with Gasteiger partial charge in [-0.25, -0.2) is 0 Å². The maximum atomic E-state index is 13.0. The standard InChI is InChI=1S/C19H25N3O3/c1-19(2)11-22(17(23)12-6-4-3-5-7-12)10-14(18(24)25)16-15(19)8-13(9-20)21-16/h8,12,14,21H,3-7,10-11H2,1-2H3,(H,24,25). The summed E-state index contributed by atoms with van der Waals surface area (Å²) in [6, 6.07) is 3.79. The molecule has 2 N–H and O–H groups in total. The van der Waals surface area contributed by atoms with Gasteiger partial charge in [-0.1, -0.05) is 33.1 Å². The van der Waals surface area contributed by atoms with E-state index in [0.717, 1.165) is 31.2 Å². The molecule has 0 radical (unpaired) electrons. The lowest BCUT2D eigenvalue weighted by atomic mass is 9.83. The zero-order valence-electron chi connectivity index (χ0n) is 14.8. The molecule has 1 aromatic rings. The van der Waals surface area contributed by atoms with Crippen molar-refractivity contribution in [2.75, 3.05) is 13.1 Å². The molecule has 134 valence electrons. The minimum atomic E-state index is -0.966. The molecule has 1 unspecified atom stereocenters. The highest BCUT2D eigenvalue weighted by atomic mass is 16.4. The van der Waals surface area contributed by atoms with E-state index in [0.29, 0.717) is 17.9 Å². The van der Waals surface area contributed by atoms with E-state index in [4.69, 9.17) is 5.26 Å². The van der Waals surface area contributed by atoms with Gasteiger partial charge in [0.2, 0.25) is 5.91 Å².